The van der Waals surface area contributed by atoms with Crippen molar-refractivity contribution in [3.8, 4) is 0 Å². The second kappa shape index (κ2) is 8.55. The molecule has 1 saturated heterocycles. The lowest BCUT2D eigenvalue weighted by Gasteiger charge is -2.33. The summed E-state index contributed by atoms with van der Waals surface area (Å²) in [4.78, 5) is 54.8. The van der Waals surface area contributed by atoms with Crippen LogP contribution in [0.3, 0.4) is 0 Å². The lowest BCUT2D eigenvalue weighted by molar-refractivity contribution is -0.135. The van der Waals surface area contributed by atoms with E-state index in [1.807, 2.05) is 0 Å². The fraction of sp³-hybridized carbons (Fsp3) is 0.211. The van der Waals surface area contributed by atoms with Gasteiger partial charge in [-0.15, -0.1) is 0 Å². The summed E-state index contributed by atoms with van der Waals surface area (Å²) in [5, 5.41) is 4.92. The van der Waals surface area contributed by atoms with E-state index in [9.17, 15) is 19.2 Å². The van der Waals surface area contributed by atoms with Gasteiger partial charge >= 0.3 is 0 Å². The molecule has 148 valence electrons. The van der Waals surface area contributed by atoms with Crippen molar-refractivity contribution in [2.24, 2.45) is 0 Å². The van der Waals surface area contributed by atoms with Gasteiger partial charge in [0.1, 0.15) is 5.69 Å². The minimum Gasteiger partial charge on any atom is -0.398 e. The quantitative estimate of drug-likeness (QED) is 0.386. The third-order valence-electron chi connectivity index (χ3n) is 4.64. The van der Waals surface area contributed by atoms with Crippen LogP contribution >= 0.6 is 0 Å². The summed E-state index contributed by atoms with van der Waals surface area (Å²) in [7, 11) is 0.229. The monoisotopic (exact) mass is 393 g/mol. The second-order valence-corrected chi connectivity index (χ2v) is 6.50. The number of aromatic nitrogens is 1. The van der Waals surface area contributed by atoms with Crippen LogP contribution in [0.5, 0.6) is 0 Å². The maximum absolute atomic E-state index is 13.3. The van der Waals surface area contributed by atoms with Crippen LogP contribution in [0.4, 0.5) is 11.4 Å². The molecule has 0 radical (unpaired) electrons. The number of pyridine rings is 1. The van der Waals surface area contributed by atoms with Crippen LogP contribution in [0.25, 0.3) is 0 Å². The predicted octanol–water partition coefficient (Wildman–Crippen LogP) is 0.563. The fourth-order valence-electron chi connectivity index (χ4n) is 3.23. The molecule has 1 aromatic heterocycles. The Bertz CT molecular complexity index is 966. The zero-order valence-electron chi connectivity index (χ0n) is 15.8. The zero-order valence-corrected chi connectivity index (χ0v) is 15.8. The molecule has 4 N–H and O–H groups in total. The van der Waals surface area contributed by atoms with Gasteiger partial charge in [0.05, 0.1) is 17.3 Å². The molecule has 10 heteroatoms. The number of carbonyl (C=O) groups is 4. The molecule has 0 aliphatic carbocycles. The lowest BCUT2D eigenvalue weighted by Crippen LogP contribution is -2.55. The van der Waals surface area contributed by atoms with Gasteiger partial charge in [-0.1, -0.05) is 19.0 Å². The molecule has 9 nitrogen and oxygen atoms in total. The Balaban J connectivity index is 1.91. The first-order valence-corrected chi connectivity index (χ1v) is 9.18. The summed E-state index contributed by atoms with van der Waals surface area (Å²) < 4.78 is 0. The van der Waals surface area contributed by atoms with Gasteiger partial charge in [-0.05, 0) is 30.7 Å². The van der Waals surface area contributed by atoms with E-state index in [1.165, 1.54) is 11.0 Å². The molecular weight excluding hydrogens is 373 g/mol. The molecule has 3 rings (SSSR count). The van der Waals surface area contributed by atoms with Crippen molar-refractivity contribution in [3.05, 3.63) is 53.9 Å². The molecule has 2 aromatic rings. The van der Waals surface area contributed by atoms with Crippen LogP contribution in [-0.2, 0) is 9.59 Å². The van der Waals surface area contributed by atoms with E-state index < -0.39 is 23.8 Å². The zero-order chi connectivity index (χ0) is 21.0. The summed E-state index contributed by atoms with van der Waals surface area (Å²) in [6, 6.07) is 8.84. The van der Waals surface area contributed by atoms with Gasteiger partial charge in [0.25, 0.3) is 5.91 Å². The van der Waals surface area contributed by atoms with Gasteiger partial charge < -0.3 is 15.9 Å². The van der Waals surface area contributed by atoms with Crippen molar-refractivity contribution >= 4 is 42.4 Å². The Hall–Kier alpha value is -3.69. The van der Waals surface area contributed by atoms with Crippen molar-refractivity contribution in [3.63, 3.8) is 0 Å². The minimum atomic E-state index is -0.788. The first-order chi connectivity index (χ1) is 13.9. The van der Waals surface area contributed by atoms with E-state index in [1.54, 1.807) is 43.2 Å². The lowest BCUT2D eigenvalue weighted by atomic mass is 9.88. The molecule has 0 spiro atoms. The summed E-state index contributed by atoms with van der Waals surface area (Å²) in [6.07, 6.45) is 1.86. The summed E-state index contributed by atoms with van der Waals surface area (Å²) in [5.41, 5.74) is 6.70. The normalized spacial score (nSPS) is 16.0. The third kappa shape index (κ3) is 4.26. The van der Waals surface area contributed by atoms with Crippen molar-refractivity contribution in [2.75, 3.05) is 11.1 Å². The molecule has 1 atom stereocenters. The van der Waals surface area contributed by atoms with Gasteiger partial charge in [0.2, 0.25) is 25.1 Å². The number of benzene rings is 1. The Labute approximate surface area is 167 Å². The van der Waals surface area contributed by atoms with E-state index in [4.69, 9.17) is 5.73 Å². The minimum absolute atomic E-state index is 0.0864. The van der Waals surface area contributed by atoms with E-state index in [2.05, 4.69) is 15.6 Å². The molecule has 2 heterocycles. The number of nitrogen functional groups attached to an aromatic ring is 1. The van der Waals surface area contributed by atoms with Gasteiger partial charge in [0.15, 0.2) is 0 Å². The van der Waals surface area contributed by atoms with Crippen LogP contribution < -0.4 is 16.4 Å². The topological polar surface area (TPSA) is 134 Å². The molecule has 4 amide bonds. The maximum Gasteiger partial charge on any atom is 0.274 e. The van der Waals surface area contributed by atoms with Crippen LogP contribution in [0.15, 0.2) is 42.6 Å². The smallest absolute Gasteiger partial charge is 0.274 e. The first kappa shape index (κ1) is 20.1. The number of rotatable bonds is 5. The molecule has 1 aliphatic rings. The van der Waals surface area contributed by atoms with Crippen molar-refractivity contribution in [1.82, 2.24) is 15.1 Å². The number of hydrogen-bond donors (Lipinski definition) is 3. The summed E-state index contributed by atoms with van der Waals surface area (Å²) in [5.74, 6) is -1.88. The summed E-state index contributed by atoms with van der Waals surface area (Å²) >= 11 is 0. The average molecular weight is 393 g/mol. The van der Waals surface area contributed by atoms with E-state index in [-0.39, 0.29) is 48.8 Å². The highest BCUT2D eigenvalue weighted by molar-refractivity contribution is 6.38. The molecule has 1 fully saturated rings. The largest absolute Gasteiger partial charge is 0.398 e. The fourth-order valence-corrected chi connectivity index (χ4v) is 3.23. The van der Waals surface area contributed by atoms with E-state index in [0.29, 0.717) is 0 Å². The van der Waals surface area contributed by atoms with Gasteiger partial charge in [-0.25, -0.2) is 0 Å². The SMILES string of the molecule is CBN(C(=O)c1c(N)cccc1NC(=O)c1ccccn1)C1CCC(=O)NC1=O. The molecule has 1 aliphatic heterocycles. The number of anilines is 2. The molecule has 1 unspecified atom stereocenters. The van der Waals surface area contributed by atoms with Gasteiger partial charge in [-0.3, -0.25) is 29.5 Å². The molecule has 0 bridgehead atoms. The van der Waals surface area contributed by atoms with Crippen molar-refractivity contribution in [2.45, 2.75) is 25.7 Å². The Morgan fingerprint density at radius 1 is 1.24 bits per heavy atom. The first-order valence-electron chi connectivity index (χ1n) is 9.18. The van der Waals surface area contributed by atoms with E-state index in [0.717, 1.165) is 0 Å². The Morgan fingerprint density at radius 3 is 2.69 bits per heavy atom. The van der Waals surface area contributed by atoms with Crippen LogP contribution in [0, 0.1) is 0 Å². The Kier molecular flexibility index (Phi) is 5.91. The highest BCUT2D eigenvalue weighted by Crippen LogP contribution is 2.26. The van der Waals surface area contributed by atoms with E-state index >= 15 is 0 Å². The van der Waals surface area contributed by atoms with Gasteiger partial charge in [-0.2, -0.15) is 0 Å². The predicted molar refractivity (Wildman–Crippen MR) is 108 cm³/mol. The van der Waals surface area contributed by atoms with Crippen LogP contribution in [-0.4, -0.2) is 46.9 Å². The number of hydrogen-bond acceptors (Lipinski definition) is 6. The molecule has 0 saturated carbocycles. The van der Waals surface area contributed by atoms with Crippen molar-refractivity contribution in [1.29, 1.82) is 0 Å². The average Bonchev–Trinajstić information content (AvgIpc) is 2.70. The highest BCUT2D eigenvalue weighted by atomic mass is 16.2. The molecular formula is C19H20BN5O4. The number of nitrogens with one attached hydrogen (secondary N) is 2. The second-order valence-electron chi connectivity index (χ2n) is 6.50. The number of nitrogens with two attached hydrogens (primary N) is 1. The highest BCUT2D eigenvalue weighted by Gasteiger charge is 2.35. The standard InChI is InChI=1S/C19H20BN5O4/c1-20-25(14-8-9-15(26)24-18(14)28)19(29)16-11(21)5-4-7-12(16)23-17(27)13-6-2-3-10-22-13/h2-7,10,14,20H,8-9,21H2,1H3,(H,23,27)(H,24,26,28). The maximum atomic E-state index is 13.3. The number of nitrogens with zero attached hydrogens (tertiary/aromatic N) is 2. The Morgan fingerprint density at radius 2 is 2.03 bits per heavy atom. The molecule has 29 heavy (non-hydrogen) atoms. The third-order valence-corrected chi connectivity index (χ3v) is 4.64. The summed E-state index contributed by atoms with van der Waals surface area (Å²) in [6.45, 7) is 1.73. The van der Waals surface area contributed by atoms with Crippen LogP contribution in [0.2, 0.25) is 6.82 Å². The van der Waals surface area contributed by atoms with Crippen LogP contribution in [0.1, 0.15) is 33.7 Å². The number of amides is 4. The van der Waals surface area contributed by atoms with Crippen molar-refractivity contribution < 1.29 is 19.2 Å². The number of piperidine rings is 1. The van der Waals surface area contributed by atoms with Gasteiger partial charge in [0, 0.05) is 18.3 Å². The molecule has 1 aromatic carbocycles. The number of imide groups is 1. The number of carbonyl (C=O) groups excluding carboxylic acids is 4.